The van der Waals surface area contributed by atoms with Gasteiger partial charge < -0.3 is 15.5 Å². The lowest BCUT2D eigenvalue weighted by molar-refractivity contribution is -0.127. The van der Waals surface area contributed by atoms with Crippen molar-refractivity contribution in [3.63, 3.8) is 0 Å². The highest BCUT2D eigenvalue weighted by atomic mass is 16.2. The average Bonchev–Trinajstić information content (AvgIpc) is 2.61. The quantitative estimate of drug-likeness (QED) is 0.627. The number of carbonyl (C=O) groups is 2. The van der Waals surface area contributed by atoms with Crippen LogP contribution >= 0.6 is 0 Å². The number of carbonyl (C=O) groups excluding carboxylic acids is 2. The highest BCUT2D eigenvalue weighted by Crippen LogP contribution is 2.28. The number of amides is 2. The van der Waals surface area contributed by atoms with Crippen molar-refractivity contribution < 1.29 is 9.59 Å². The molecule has 0 aromatic rings. The van der Waals surface area contributed by atoms with Crippen molar-refractivity contribution in [3.05, 3.63) is 0 Å². The second kappa shape index (κ2) is 11.8. The molecule has 0 aromatic heterocycles. The van der Waals surface area contributed by atoms with Crippen molar-refractivity contribution in [2.24, 2.45) is 17.8 Å². The van der Waals surface area contributed by atoms with Crippen LogP contribution in [0.15, 0.2) is 0 Å². The van der Waals surface area contributed by atoms with Crippen molar-refractivity contribution in [1.82, 2.24) is 15.5 Å². The van der Waals surface area contributed by atoms with Crippen LogP contribution in [0.5, 0.6) is 0 Å². The lowest BCUT2D eigenvalue weighted by Gasteiger charge is -2.31. The number of nitrogens with zero attached hydrogens (tertiary/aromatic N) is 1. The van der Waals surface area contributed by atoms with Crippen LogP contribution in [0.3, 0.4) is 0 Å². The van der Waals surface area contributed by atoms with Crippen molar-refractivity contribution in [3.8, 4) is 0 Å². The first-order valence-corrected chi connectivity index (χ1v) is 11.6. The maximum Gasteiger partial charge on any atom is 0.223 e. The molecular weight excluding hydrogens is 350 g/mol. The second-order valence-electron chi connectivity index (χ2n) is 9.92. The van der Waals surface area contributed by atoms with Crippen LogP contribution < -0.4 is 10.6 Å². The van der Waals surface area contributed by atoms with Gasteiger partial charge in [0.15, 0.2) is 0 Å². The number of nitrogens with one attached hydrogen (secondary N) is 2. The number of rotatable bonds is 9. The summed E-state index contributed by atoms with van der Waals surface area (Å²) in [5.74, 6) is 1.69. The summed E-state index contributed by atoms with van der Waals surface area (Å²) in [4.78, 5) is 27.2. The van der Waals surface area contributed by atoms with Crippen LogP contribution in [-0.2, 0) is 9.59 Å². The maximum atomic E-state index is 12.7. The van der Waals surface area contributed by atoms with E-state index < -0.39 is 0 Å². The third-order valence-electron chi connectivity index (χ3n) is 6.35. The molecule has 1 atom stereocenters. The molecule has 2 rings (SSSR count). The minimum absolute atomic E-state index is 0.100. The molecule has 0 bridgehead atoms. The van der Waals surface area contributed by atoms with E-state index in [1.807, 2.05) is 0 Å². The molecule has 2 N–H and O–H groups in total. The summed E-state index contributed by atoms with van der Waals surface area (Å²) in [6, 6.07) is 0.476. The minimum atomic E-state index is 0.100. The third kappa shape index (κ3) is 8.50. The first-order valence-electron chi connectivity index (χ1n) is 11.6. The monoisotopic (exact) mass is 393 g/mol. The molecule has 0 saturated heterocycles. The van der Waals surface area contributed by atoms with E-state index in [0.29, 0.717) is 18.3 Å². The van der Waals surface area contributed by atoms with Gasteiger partial charge in [0.1, 0.15) is 0 Å². The van der Waals surface area contributed by atoms with Gasteiger partial charge in [-0.1, -0.05) is 33.1 Å². The first kappa shape index (κ1) is 23.2. The largest absolute Gasteiger partial charge is 0.353 e. The Balaban J connectivity index is 1.71. The van der Waals surface area contributed by atoms with E-state index in [1.54, 1.807) is 0 Å². The summed E-state index contributed by atoms with van der Waals surface area (Å²) < 4.78 is 0. The molecule has 2 aliphatic carbocycles. The molecular formula is C23H43N3O2. The van der Waals surface area contributed by atoms with E-state index in [9.17, 15) is 9.59 Å². The van der Waals surface area contributed by atoms with E-state index >= 15 is 0 Å². The fraction of sp³-hybridized carbons (Fsp3) is 0.913. The molecule has 28 heavy (non-hydrogen) atoms. The Morgan fingerprint density at radius 2 is 1.61 bits per heavy atom. The van der Waals surface area contributed by atoms with Crippen molar-refractivity contribution >= 4 is 11.8 Å². The predicted octanol–water partition coefficient (Wildman–Crippen LogP) is 3.72. The van der Waals surface area contributed by atoms with Crippen LogP contribution in [0.4, 0.5) is 0 Å². The van der Waals surface area contributed by atoms with E-state index in [1.165, 1.54) is 32.1 Å². The Bertz CT molecular complexity index is 468. The molecule has 2 saturated carbocycles. The molecule has 2 fully saturated rings. The fourth-order valence-corrected chi connectivity index (χ4v) is 4.95. The zero-order chi connectivity index (χ0) is 20.5. The van der Waals surface area contributed by atoms with Gasteiger partial charge >= 0.3 is 0 Å². The van der Waals surface area contributed by atoms with Gasteiger partial charge in [-0.25, -0.2) is 0 Å². The van der Waals surface area contributed by atoms with Gasteiger partial charge in [0.25, 0.3) is 0 Å². The molecule has 2 aliphatic rings. The number of likely N-dealkylation sites (N-methyl/N-ethyl adjacent to an activating group) is 1. The Kier molecular flexibility index (Phi) is 9.76. The minimum Gasteiger partial charge on any atom is -0.353 e. The normalized spacial score (nSPS) is 24.9. The van der Waals surface area contributed by atoms with Crippen molar-refractivity contribution in [1.29, 1.82) is 0 Å². The molecule has 5 heteroatoms. The van der Waals surface area contributed by atoms with Gasteiger partial charge in [-0.2, -0.15) is 0 Å². The van der Waals surface area contributed by atoms with Gasteiger partial charge in [0.2, 0.25) is 11.8 Å². The van der Waals surface area contributed by atoms with E-state index in [0.717, 1.165) is 38.6 Å². The summed E-state index contributed by atoms with van der Waals surface area (Å²) in [7, 11) is 4.11. The molecule has 2 amide bonds. The zero-order valence-corrected chi connectivity index (χ0v) is 18.6. The smallest absolute Gasteiger partial charge is 0.223 e. The third-order valence-corrected chi connectivity index (χ3v) is 6.35. The summed E-state index contributed by atoms with van der Waals surface area (Å²) >= 11 is 0. The van der Waals surface area contributed by atoms with Gasteiger partial charge in [0, 0.05) is 31.0 Å². The Labute approximate surface area is 172 Å². The van der Waals surface area contributed by atoms with Crippen LogP contribution in [0.1, 0.15) is 84.5 Å². The highest BCUT2D eigenvalue weighted by Gasteiger charge is 2.29. The molecule has 0 radical (unpaired) electrons. The Hall–Kier alpha value is -1.10. The number of hydrogen-bond donors (Lipinski definition) is 2. The standard InChI is InChI=1S/C23H43N3O2/c1-17(2)14-21(16-26(3)4)25-23(28)19-10-12-20(13-11-19)24-22(27)15-18-8-6-5-7-9-18/h17-21H,5-16H2,1-4H3,(H,24,27)(H,25,28). The lowest BCUT2D eigenvalue weighted by Crippen LogP contribution is -2.46. The van der Waals surface area contributed by atoms with Crippen LogP contribution in [0.2, 0.25) is 0 Å². The van der Waals surface area contributed by atoms with E-state index in [2.05, 4.69) is 43.5 Å². The molecule has 1 unspecified atom stereocenters. The molecule has 0 aliphatic heterocycles. The molecule has 5 nitrogen and oxygen atoms in total. The van der Waals surface area contributed by atoms with E-state index in [-0.39, 0.29) is 29.8 Å². The molecule has 0 heterocycles. The molecule has 0 spiro atoms. The zero-order valence-electron chi connectivity index (χ0n) is 18.6. The second-order valence-corrected chi connectivity index (χ2v) is 9.92. The van der Waals surface area contributed by atoms with Gasteiger partial charge in [-0.3, -0.25) is 9.59 Å². The highest BCUT2D eigenvalue weighted by molar-refractivity contribution is 5.79. The fourth-order valence-electron chi connectivity index (χ4n) is 4.95. The van der Waals surface area contributed by atoms with Crippen LogP contribution in [-0.4, -0.2) is 49.4 Å². The average molecular weight is 394 g/mol. The topological polar surface area (TPSA) is 61.4 Å². The summed E-state index contributed by atoms with van der Waals surface area (Å²) in [6.45, 7) is 5.29. The first-order chi connectivity index (χ1) is 13.3. The number of hydrogen-bond acceptors (Lipinski definition) is 3. The molecule has 162 valence electrons. The summed E-state index contributed by atoms with van der Waals surface area (Å²) in [5.41, 5.74) is 0. The van der Waals surface area contributed by atoms with Crippen molar-refractivity contribution in [2.75, 3.05) is 20.6 Å². The summed E-state index contributed by atoms with van der Waals surface area (Å²) in [5, 5.41) is 6.53. The lowest BCUT2D eigenvalue weighted by atomic mass is 9.84. The Morgan fingerprint density at radius 3 is 2.18 bits per heavy atom. The van der Waals surface area contributed by atoms with Gasteiger partial charge in [-0.05, 0) is 70.9 Å². The summed E-state index contributed by atoms with van der Waals surface area (Å²) in [6.07, 6.45) is 11.7. The predicted molar refractivity (Wildman–Crippen MR) is 115 cm³/mol. The van der Waals surface area contributed by atoms with E-state index in [4.69, 9.17) is 0 Å². The van der Waals surface area contributed by atoms with Crippen LogP contribution in [0.25, 0.3) is 0 Å². The van der Waals surface area contributed by atoms with Gasteiger partial charge in [0.05, 0.1) is 0 Å². The van der Waals surface area contributed by atoms with Crippen molar-refractivity contribution in [2.45, 2.75) is 96.6 Å². The van der Waals surface area contributed by atoms with Gasteiger partial charge in [-0.15, -0.1) is 0 Å². The Morgan fingerprint density at radius 1 is 0.964 bits per heavy atom. The SMILES string of the molecule is CC(C)CC(CN(C)C)NC(=O)C1CCC(NC(=O)CC2CCCCC2)CC1. The molecule has 0 aromatic carbocycles. The maximum absolute atomic E-state index is 12.7. The van der Waals surface area contributed by atoms with Crippen LogP contribution in [0, 0.1) is 17.8 Å².